The standard InChI is InChI=1S/C14H21NO3/c16-13(9-4-5-10(6-9)14(17)18)15-7-11-2-1-3-12(11)8-15/h9-12H,1-8H2,(H,17,18)/t9-,10+,11?,12?/m1/s1. The average Bonchev–Trinajstić information content (AvgIpc) is 3.02. The first-order valence-corrected chi connectivity index (χ1v) is 7.16. The van der Waals surface area contributed by atoms with Gasteiger partial charge in [-0.1, -0.05) is 6.42 Å². The van der Waals surface area contributed by atoms with E-state index in [2.05, 4.69) is 0 Å². The van der Waals surface area contributed by atoms with Gasteiger partial charge in [-0.15, -0.1) is 0 Å². The van der Waals surface area contributed by atoms with Gasteiger partial charge in [-0.25, -0.2) is 0 Å². The third-order valence-electron chi connectivity index (χ3n) is 5.17. The lowest BCUT2D eigenvalue weighted by Crippen LogP contribution is -2.34. The number of amides is 1. The molecule has 2 unspecified atom stereocenters. The smallest absolute Gasteiger partial charge is 0.306 e. The summed E-state index contributed by atoms with van der Waals surface area (Å²) in [4.78, 5) is 25.3. The van der Waals surface area contributed by atoms with Crippen LogP contribution in [0.1, 0.15) is 38.5 Å². The molecule has 0 aromatic rings. The highest BCUT2D eigenvalue weighted by atomic mass is 16.4. The molecule has 3 fully saturated rings. The summed E-state index contributed by atoms with van der Waals surface area (Å²) in [7, 11) is 0. The second kappa shape index (κ2) is 4.56. The van der Waals surface area contributed by atoms with E-state index in [1.54, 1.807) is 0 Å². The Labute approximate surface area is 107 Å². The van der Waals surface area contributed by atoms with E-state index in [4.69, 9.17) is 5.11 Å². The van der Waals surface area contributed by atoms with Gasteiger partial charge in [0.2, 0.25) is 5.91 Å². The number of fused-ring (bicyclic) bond motifs is 1. The van der Waals surface area contributed by atoms with Crippen molar-refractivity contribution in [2.75, 3.05) is 13.1 Å². The molecule has 1 amide bonds. The molecule has 0 aromatic heterocycles. The minimum atomic E-state index is -0.733. The van der Waals surface area contributed by atoms with Gasteiger partial charge in [0.05, 0.1) is 5.92 Å². The van der Waals surface area contributed by atoms with Gasteiger partial charge in [0.1, 0.15) is 0 Å². The number of carboxylic acids is 1. The summed E-state index contributed by atoms with van der Waals surface area (Å²) in [6, 6.07) is 0. The lowest BCUT2D eigenvalue weighted by molar-refractivity contribution is -0.141. The molecule has 100 valence electrons. The summed E-state index contributed by atoms with van der Waals surface area (Å²) >= 11 is 0. The number of rotatable bonds is 2. The van der Waals surface area contributed by atoms with Crippen LogP contribution in [-0.2, 0) is 9.59 Å². The summed E-state index contributed by atoms with van der Waals surface area (Å²) in [5, 5.41) is 8.98. The fourth-order valence-corrected chi connectivity index (χ4v) is 4.10. The first-order chi connectivity index (χ1) is 8.65. The molecule has 3 rings (SSSR count). The normalized spacial score (nSPS) is 39.0. The Bertz CT molecular complexity index is 356. The highest BCUT2D eigenvalue weighted by molar-refractivity contribution is 5.81. The van der Waals surface area contributed by atoms with Crippen molar-refractivity contribution in [1.82, 2.24) is 4.90 Å². The third kappa shape index (κ3) is 2.02. The minimum absolute atomic E-state index is 0.0232. The maximum Gasteiger partial charge on any atom is 0.306 e. The van der Waals surface area contributed by atoms with Crippen LogP contribution in [0.5, 0.6) is 0 Å². The largest absolute Gasteiger partial charge is 0.481 e. The topological polar surface area (TPSA) is 57.6 Å². The predicted molar refractivity (Wildman–Crippen MR) is 65.9 cm³/mol. The van der Waals surface area contributed by atoms with Gasteiger partial charge in [0, 0.05) is 19.0 Å². The first kappa shape index (κ1) is 12.0. The van der Waals surface area contributed by atoms with Crippen LogP contribution in [0.4, 0.5) is 0 Å². The number of likely N-dealkylation sites (tertiary alicyclic amines) is 1. The molecule has 2 saturated carbocycles. The zero-order valence-electron chi connectivity index (χ0n) is 10.7. The van der Waals surface area contributed by atoms with E-state index in [1.807, 2.05) is 4.90 Å². The van der Waals surface area contributed by atoms with E-state index in [-0.39, 0.29) is 17.7 Å². The second-order valence-electron chi connectivity index (χ2n) is 6.24. The van der Waals surface area contributed by atoms with Gasteiger partial charge in [-0.3, -0.25) is 9.59 Å². The van der Waals surface area contributed by atoms with E-state index >= 15 is 0 Å². The highest BCUT2D eigenvalue weighted by Crippen LogP contribution is 2.40. The Hall–Kier alpha value is -1.06. The molecule has 1 saturated heterocycles. The lowest BCUT2D eigenvalue weighted by atomic mass is 10.0. The van der Waals surface area contributed by atoms with Crippen molar-refractivity contribution in [3.63, 3.8) is 0 Å². The van der Waals surface area contributed by atoms with Crippen molar-refractivity contribution in [3.05, 3.63) is 0 Å². The first-order valence-electron chi connectivity index (χ1n) is 7.16. The average molecular weight is 251 g/mol. The van der Waals surface area contributed by atoms with E-state index < -0.39 is 5.97 Å². The molecule has 1 aliphatic heterocycles. The van der Waals surface area contributed by atoms with Crippen molar-refractivity contribution in [2.24, 2.45) is 23.7 Å². The number of carbonyl (C=O) groups excluding carboxylic acids is 1. The van der Waals surface area contributed by atoms with Crippen LogP contribution in [0.3, 0.4) is 0 Å². The summed E-state index contributed by atoms with van der Waals surface area (Å²) < 4.78 is 0. The van der Waals surface area contributed by atoms with Crippen molar-refractivity contribution in [1.29, 1.82) is 0 Å². The van der Waals surface area contributed by atoms with Gasteiger partial charge in [-0.05, 0) is 43.9 Å². The van der Waals surface area contributed by atoms with Crippen LogP contribution >= 0.6 is 0 Å². The van der Waals surface area contributed by atoms with Gasteiger partial charge in [-0.2, -0.15) is 0 Å². The summed E-state index contributed by atoms with van der Waals surface area (Å²) in [5.41, 5.74) is 0. The lowest BCUT2D eigenvalue weighted by Gasteiger charge is -2.21. The number of carbonyl (C=O) groups is 2. The molecule has 1 N–H and O–H groups in total. The molecule has 0 radical (unpaired) electrons. The van der Waals surface area contributed by atoms with E-state index in [0.717, 1.165) is 31.3 Å². The van der Waals surface area contributed by atoms with E-state index in [1.165, 1.54) is 19.3 Å². The third-order valence-corrected chi connectivity index (χ3v) is 5.17. The van der Waals surface area contributed by atoms with E-state index in [9.17, 15) is 9.59 Å². The fraction of sp³-hybridized carbons (Fsp3) is 0.857. The van der Waals surface area contributed by atoms with E-state index in [0.29, 0.717) is 12.8 Å². The number of nitrogens with zero attached hydrogens (tertiary/aromatic N) is 1. The summed E-state index contributed by atoms with van der Waals surface area (Å²) in [6.07, 6.45) is 5.86. The Balaban J connectivity index is 1.58. The Morgan fingerprint density at radius 3 is 2.11 bits per heavy atom. The maximum absolute atomic E-state index is 12.4. The predicted octanol–water partition coefficient (Wildman–Crippen LogP) is 1.75. The molecule has 18 heavy (non-hydrogen) atoms. The summed E-state index contributed by atoms with van der Waals surface area (Å²) in [6.45, 7) is 1.86. The van der Waals surface area contributed by atoms with Crippen molar-refractivity contribution >= 4 is 11.9 Å². The molecular formula is C14H21NO3. The quantitative estimate of drug-likeness (QED) is 0.813. The van der Waals surface area contributed by atoms with Crippen LogP contribution < -0.4 is 0 Å². The summed E-state index contributed by atoms with van der Waals surface area (Å²) in [5.74, 6) is 0.638. The number of carboxylic acid groups (broad SMARTS) is 1. The molecule has 3 aliphatic rings. The van der Waals surface area contributed by atoms with Gasteiger partial charge < -0.3 is 10.0 Å². The van der Waals surface area contributed by atoms with Gasteiger partial charge in [0.15, 0.2) is 0 Å². The van der Waals surface area contributed by atoms with Crippen LogP contribution in [0.2, 0.25) is 0 Å². The molecule has 0 spiro atoms. The van der Waals surface area contributed by atoms with Crippen LogP contribution in [0.15, 0.2) is 0 Å². The number of hydrogen-bond acceptors (Lipinski definition) is 2. The Morgan fingerprint density at radius 2 is 1.56 bits per heavy atom. The monoisotopic (exact) mass is 251 g/mol. The second-order valence-corrected chi connectivity index (χ2v) is 6.24. The fourth-order valence-electron chi connectivity index (χ4n) is 4.10. The molecule has 1 heterocycles. The van der Waals surface area contributed by atoms with Crippen molar-refractivity contribution < 1.29 is 14.7 Å². The number of hydrogen-bond donors (Lipinski definition) is 1. The molecular weight excluding hydrogens is 230 g/mol. The van der Waals surface area contributed by atoms with Gasteiger partial charge in [0.25, 0.3) is 0 Å². The van der Waals surface area contributed by atoms with Crippen molar-refractivity contribution in [3.8, 4) is 0 Å². The SMILES string of the molecule is O=C(O)[C@H]1CC[C@@H](C(=O)N2CC3CCCC3C2)C1. The van der Waals surface area contributed by atoms with Crippen LogP contribution in [-0.4, -0.2) is 35.0 Å². The molecule has 4 heteroatoms. The zero-order chi connectivity index (χ0) is 12.7. The molecule has 0 bridgehead atoms. The molecule has 4 atom stereocenters. The number of aliphatic carboxylic acids is 1. The highest BCUT2D eigenvalue weighted by Gasteiger charge is 2.42. The Morgan fingerprint density at radius 1 is 0.944 bits per heavy atom. The molecule has 4 nitrogen and oxygen atoms in total. The van der Waals surface area contributed by atoms with Crippen LogP contribution in [0.25, 0.3) is 0 Å². The minimum Gasteiger partial charge on any atom is -0.481 e. The zero-order valence-corrected chi connectivity index (χ0v) is 10.7. The van der Waals surface area contributed by atoms with Gasteiger partial charge >= 0.3 is 5.97 Å². The molecule has 2 aliphatic carbocycles. The van der Waals surface area contributed by atoms with Crippen molar-refractivity contribution in [2.45, 2.75) is 38.5 Å². The van der Waals surface area contributed by atoms with Crippen LogP contribution in [0, 0.1) is 23.7 Å². The molecule has 0 aromatic carbocycles. The maximum atomic E-state index is 12.4. The Kier molecular flexibility index (Phi) is 3.04.